The lowest BCUT2D eigenvalue weighted by Crippen LogP contribution is -2.07. The molecule has 0 aliphatic heterocycles. The van der Waals surface area contributed by atoms with Gasteiger partial charge in [0.05, 0.1) is 6.61 Å². The van der Waals surface area contributed by atoms with E-state index in [4.69, 9.17) is 9.47 Å². The van der Waals surface area contributed by atoms with Crippen LogP contribution in [0.5, 0.6) is 17.4 Å². The van der Waals surface area contributed by atoms with Gasteiger partial charge in [-0.05, 0) is 47.6 Å². The third-order valence-corrected chi connectivity index (χ3v) is 3.21. The number of hydrogen-bond donors (Lipinski definition) is 1. The van der Waals surface area contributed by atoms with Gasteiger partial charge in [-0.2, -0.15) is 0 Å². The molecule has 0 saturated carbocycles. The molecular formula is C16H19BrN2O2. The van der Waals surface area contributed by atoms with Gasteiger partial charge in [-0.25, -0.2) is 4.98 Å². The minimum absolute atomic E-state index is 0.583. The maximum absolute atomic E-state index is 5.95. The molecule has 1 aromatic heterocycles. The van der Waals surface area contributed by atoms with Crippen molar-refractivity contribution in [3.05, 3.63) is 46.6 Å². The van der Waals surface area contributed by atoms with Crippen LogP contribution in [-0.2, 0) is 6.54 Å². The van der Waals surface area contributed by atoms with E-state index in [2.05, 4.69) is 33.2 Å². The number of halogens is 1. The summed E-state index contributed by atoms with van der Waals surface area (Å²) in [6, 6.07) is 9.64. The van der Waals surface area contributed by atoms with Crippen molar-refractivity contribution in [1.82, 2.24) is 10.3 Å². The smallest absolute Gasteiger partial charge is 0.223 e. The van der Waals surface area contributed by atoms with Crippen molar-refractivity contribution in [1.29, 1.82) is 0 Å². The first-order chi connectivity index (χ1) is 10.2. The third kappa shape index (κ3) is 4.44. The van der Waals surface area contributed by atoms with Crippen LogP contribution in [0.1, 0.15) is 18.9 Å². The number of nitrogens with zero attached hydrogens (tertiary/aromatic N) is 1. The fourth-order valence-electron chi connectivity index (χ4n) is 1.85. The minimum Gasteiger partial charge on any atom is -0.490 e. The molecule has 1 N–H and O–H groups in total. The Morgan fingerprint density at radius 2 is 2.00 bits per heavy atom. The second-order valence-corrected chi connectivity index (χ2v) is 5.46. The van der Waals surface area contributed by atoms with Crippen LogP contribution in [0.4, 0.5) is 0 Å². The summed E-state index contributed by atoms with van der Waals surface area (Å²) in [6.07, 6.45) is 2.68. The maximum atomic E-state index is 5.95. The van der Waals surface area contributed by atoms with Gasteiger partial charge in [0.25, 0.3) is 0 Å². The zero-order chi connectivity index (χ0) is 15.1. The number of para-hydroxylation sites is 2. The lowest BCUT2D eigenvalue weighted by Gasteiger charge is -2.13. The number of ether oxygens (including phenoxy) is 2. The largest absolute Gasteiger partial charge is 0.490 e. The van der Waals surface area contributed by atoms with Crippen LogP contribution in [0.25, 0.3) is 0 Å². The predicted molar refractivity (Wildman–Crippen MR) is 87.0 cm³/mol. The van der Waals surface area contributed by atoms with E-state index in [1.807, 2.05) is 37.4 Å². The highest BCUT2D eigenvalue weighted by molar-refractivity contribution is 9.10. The summed E-state index contributed by atoms with van der Waals surface area (Å²) < 4.78 is 12.6. The summed E-state index contributed by atoms with van der Waals surface area (Å²) in [5, 5.41) is 3.11. The summed E-state index contributed by atoms with van der Waals surface area (Å²) in [5.41, 5.74) is 0.983. The zero-order valence-corrected chi connectivity index (χ0v) is 13.8. The van der Waals surface area contributed by atoms with Gasteiger partial charge in [-0.15, -0.1) is 0 Å². The number of pyridine rings is 1. The molecule has 112 valence electrons. The molecule has 0 bridgehead atoms. The lowest BCUT2D eigenvalue weighted by molar-refractivity contribution is 0.300. The van der Waals surface area contributed by atoms with Crippen molar-refractivity contribution < 1.29 is 9.47 Å². The minimum atomic E-state index is 0.583. The second kappa shape index (κ2) is 8.00. The first-order valence-corrected chi connectivity index (χ1v) is 7.72. The van der Waals surface area contributed by atoms with E-state index in [1.165, 1.54) is 0 Å². The summed E-state index contributed by atoms with van der Waals surface area (Å²) in [7, 11) is 1.89. The number of hydrogen-bond acceptors (Lipinski definition) is 4. The standard InChI is InChI=1S/C16H19BrN2O2/c1-3-8-20-14-6-4-5-7-15(14)21-16-12(10-18-2)9-13(17)11-19-16/h4-7,9,11,18H,3,8,10H2,1-2H3. The molecule has 0 fully saturated rings. The Balaban J connectivity index is 2.25. The Bertz CT molecular complexity index is 590. The molecule has 0 unspecified atom stereocenters. The monoisotopic (exact) mass is 350 g/mol. The van der Waals surface area contributed by atoms with Gasteiger partial charge in [-0.1, -0.05) is 19.1 Å². The average molecular weight is 351 g/mol. The predicted octanol–water partition coefficient (Wildman–Crippen LogP) is 4.14. The highest BCUT2D eigenvalue weighted by atomic mass is 79.9. The summed E-state index contributed by atoms with van der Waals surface area (Å²) in [6.45, 7) is 3.42. The van der Waals surface area contributed by atoms with E-state index < -0.39 is 0 Å². The van der Waals surface area contributed by atoms with Crippen LogP contribution < -0.4 is 14.8 Å². The maximum Gasteiger partial charge on any atom is 0.223 e. The third-order valence-electron chi connectivity index (χ3n) is 2.78. The summed E-state index contributed by atoms with van der Waals surface area (Å²) in [5.74, 6) is 2.00. The van der Waals surface area contributed by atoms with E-state index in [0.29, 0.717) is 24.8 Å². The molecule has 0 spiro atoms. The molecular weight excluding hydrogens is 332 g/mol. The second-order valence-electron chi connectivity index (χ2n) is 4.55. The number of rotatable bonds is 7. The molecule has 2 rings (SSSR count). The molecule has 2 aromatic rings. The molecule has 0 aliphatic carbocycles. The van der Waals surface area contributed by atoms with Crippen LogP contribution in [0.2, 0.25) is 0 Å². The first-order valence-electron chi connectivity index (χ1n) is 6.93. The topological polar surface area (TPSA) is 43.4 Å². The fraction of sp³-hybridized carbons (Fsp3) is 0.312. The molecule has 4 nitrogen and oxygen atoms in total. The van der Waals surface area contributed by atoms with Crippen molar-refractivity contribution >= 4 is 15.9 Å². The van der Waals surface area contributed by atoms with Crippen LogP contribution in [0.15, 0.2) is 41.0 Å². The van der Waals surface area contributed by atoms with Crippen molar-refractivity contribution in [3.8, 4) is 17.4 Å². The summed E-state index contributed by atoms with van der Waals surface area (Å²) in [4.78, 5) is 4.35. The molecule has 0 radical (unpaired) electrons. The number of nitrogens with one attached hydrogen (secondary N) is 1. The Labute approximate surface area is 133 Å². The van der Waals surface area contributed by atoms with Gasteiger partial charge >= 0.3 is 0 Å². The van der Waals surface area contributed by atoms with Crippen LogP contribution in [0.3, 0.4) is 0 Å². The fourth-order valence-corrected chi connectivity index (χ4v) is 2.23. The van der Waals surface area contributed by atoms with E-state index in [0.717, 1.165) is 22.2 Å². The van der Waals surface area contributed by atoms with E-state index in [-0.39, 0.29) is 0 Å². The molecule has 0 saturated heterocycles. The number of aromatic nitrogens is 1. The van der Waals surface area contributed by atoms with Crippen LogP contribution in [-0.4, -0.2) is 18.6 Å². The van der Waals surface area contributed by atoms with Crippen molar-refractivity contribution in [2.45, 2.75) is 19.9 Å². The van der Waals surface area contributed by atoms with Gasteiger partial charge in [0, 0.05) is 22.8 Å². The van der Waals surface area contributed by atoms with Crippen molar-refractivity contribution in [2.75, 3.05) is 13.7 Å². The van der Waals surface area contributed by atoms with Crippen molar-refractivity contribution in [2.24, 2.45) is 0 Å². The molecule has 21 heavy (non-hydrogen) atoms. The van der Waals surface area contributed by atoms with Gasteiger partial charge < -0.3 is 14.8 Å². The Kier molecular flexibility index (Phi) is 6.02. The van der Waals surface area contributed by atoms with Gasteiger partial charge in [0.2, 0.25) is 5.88 Å². The van der Waals surface area contributed by atoms with Crippen molar-refractivity contribution in [3.63, 3.8) is 0 Å². The van der Waals surface area contributed by atoms with Crippen LogP contribution in [0, 0.1) is 0 Å². The Morgan fingerprint density at radius 3 is 2.71 bits per heavy atom. The SMILES string of the molecule is CCCOc1ccccc1Oc1ncc(Br)cc1CNC. The molecule has 0 amide bonds. The molecule has 5 heteroatoms. The van der Waals surface area contributed by atoms with Gasteiger partial charge in [0.1, 0.15) is 0 Å². The zero-order valence-electron chi connectivity index (χ0n) is 12.2. The Hall–Kier alpha value is -1.59. The number of benzene rings is 1. The quantitative estimate of drug-likeness (QED) is 0.814. The molecule has 0 atom stereocenters. The molecule has 1 heterocycles. The normalized spacial score (nSPS) is 10.4. The molecule has 1 aromatic carbocycles. The van der Waals surface area contributed by atoms with Gasteiger partial charge in [0.15, 0.2) is 11.5 Å². The summed E-state index contributed by atoms with van der Waals surface area (Å²) >= 11 is 3.43. The van der Waals surface area contributed by atoms with E-state index in [1.54, 1.807) is 6.20 Å². The van der Waals surface area contributed by atoms with Crippen LogP contribution >= 0.6 is 15.9 Å². The highest BCUT2D eigenvalue weighted by Crippen LogP contribution is 2.32. The van der Waals surface area contributed by atoms with E-state index >= 15 is 0 Å². The lowest BCUT2D eigenvalue weighted by atomic mass is 10.2. The first kappa shape index (κ1) is 15.8. The highest BCUT2D eigenvalue weighted by Gasteiger charge is 2.10. The average Bonchev–Trinajstić information content (AvgIpc) is 2.49. The Morgan fingerprint density at radius 1 is 1.24 bits per heavy atom. The van der Waals surface area contributed by atoms with E-state index in [9.17, 15) is 0 Å². The molecule has 0 aliphatic rings. The van der Waals surface area contributed by atoms with Gasteiger partial charge in [-0.3, -0.25) is 0 Å².